The number of aromatic nitrogens is 2. The molecule has 1 aromatic carbocycles. The van der Waals surface area contributed by atoms with E-state index in [0.29, 0.717) is 19.0 Å². The first-order chi connectivity index (χ1) is 13.7. The summed E-state index contributed by atoms with van der Waals surface area (Å²) in [4.78, 5) is 28.9. The van der Waals surface area contributed by atoms with Crippen LogP contribution in [0.2, 0.25) is 0 Å². The van der Waals surface area contributed by atoms with E-state index in [-0.39, 0.29) is 17.5 Å². The number of rotatable bonds is 4. The lowest BCUT2D eigenvalue weighted by molar-refractivity contribution is -0.135. The second kappa shape index (κ2) is 8.37. The Hall–Kier alpha value is -2.96. The van der Waals surface area contributed by atoms with Gasteiger partial charge in [-0.1, -0.05) is 31.0 Å². The van der Waals surface area contributed by atoms with Gasteiger partial charge in [0.1, 0.15) is 0 Å². The number of carbonyl (C=O) groups is 2. The van der Waals surface area contributed by atoms with Gasteiger partial charge in [0.25, 0.3) is 5.91 Å². The van der Waals surface area contributed by atoms with Gasteiger partial charge in [-0.3, -0.25) is 9.59 Å². The molecule has 146 valence electrons. The van der Waals surface area contributed by atoms with Crippen LogP contribution in [0.25, 0.3) is 0 Å². The van der Waals surface area contributed by atoms with Crippen LogP contribution in [-0.4, -0.2) is 53.1 Å². The number of hydrogen-bond acceptors (Lipinski definition) is 5. The molecule has 1 N–H and O–H groups in total. The highest BCUT2D eigenvalue weighted by Gasteiger charge is 2.29. The molecule has 0 bridgehead atoms. The fraction of sp³-hybridized carbons (Fsp3) is 0.429. The predicted octanol–water partition coefficient (Wildman–Crippen LogP) is 2.57. The number of amides is 2. The minimum atomic E-state index is -0.280. The van der Waals surface area contributed by atoms with E-state index < -0.39 is 0 Å². The number of carbonyl (C=O) groups excluding carboxylic acids is 2. The van der Waals surface area contributed by atoms with E-state index in [1.165, 1.54) is 12.8 Å². The first-order valence-corrected chi connectivity index (χ1v) is 9.94. The lowest BCUT2D eigenvalue weighted by Crippen LogP contribution is -2.50. The van der Waals surface area contributed by atoms with Crippen molar-refractivity contribution in [3.8, 4) is 0 Å². The summed E-state index contributed by atoms with van der Waals surface area (Å²) in [5.74, 6) is 1.01. The van der Waals surface area contributed by atoms with E-state index in [2.05, 4.69) is 20.4 Å². The molecule has 1 saturated carbocycles. The average molecular weight is 379 g/mol. The topological polar surface area (TPSA) is 78.4 Å². The van der Waals surface area contributed by atoms with E-state index in [1.807, 2.05) is 41.3 Å². The van der Waals surface area contributed by atoms with E-state index in [1.54, 1.807) is 6.07 Å². The second-order valence-electron chi connectivity index (χ2n) is 7.39. The zero-order valence-corrected chi connectivity index (χ0v) is 15.9. The van der Waals surface area contributed by atoms with Crippen LogP contribution >= 0.6 is 0 Å². The molecule has 28 heavy (non-hydrogen) atoms. The van der Waals surface area contributed by atoms with Gasteiger partial charge >= 0.3 is 0 Å². The minimum absolute atomic E-state index is 0.230. The van der Waals surface area contributed by atoms with Gasteiger partial charge in [-0.15, -0.1) is 10.2 Å². The summed E-state index contributed by atoms with van der Waals surface area (Å²) in [6, 6.07) is 12.8. The summed E-state index contributed by atoms with van der Waals surface area (Å²) in [5, 5.41) is 11.1. The molecule has 2 fully saturated rings. The molecule has 0 spiro atoms. The molecule has 1 aliphatic carbocycles. The van der Waals surface area contributed by atoms with Crippen molar-refractivity contribution in [2.45, 2.75) is 25.7 Å². The minimum Gasteiger partial charge on any atom is -0.352 e. The van der Waals surface area contributed by atoms with Crippen molar-refractivity contribution in [2.24, 2.45) is 5.92 Å². The molecule has 2 heterocycles. The van der Waals surface area contributed by atoms with Crippen molar-refractivity contribution in [1.82, 2.24) is 15.1 Å². The van der Waals surface area contributed by atoms with Gasteiger partial charge < -0.3 is 15.1 Å². The normalized spacial score (nSPS) is 17.6. The Kier molecular flexibility index (Phi) is 5.50. The summed E-state index contributed by atoms with van der Waals surface area (Å²) in [6.07, 6.45) is 4.43. The van der Waals surface area contributed by atoms with Gasteiger partial charge in [0, 0.05) is 37.8 Å². The smallest absolute Gasteiger partial charge is 0.276 e. The Morgan fingerprint density at radius 2 is 1.61 bits per heavy atom. The van der Waals surface area contributed by atoms with Crippen LogP contribution in [0.5, 0.6) is 0 Å². The Balaban J connectivity index is 1.32. The maximum Gasteiger partial charge on any atom is 0.276 e. The number of para-hydroxylation sites is 1. The quantitative estimate of drug-likeness (QED) is 0.883. The third kappa shape index (κ3) is 4.13. The SMILES string of the molecule is O=C(Nc1ccccc1)c1ccc(N2CCN(C(=O)C3CCCC3)CC2)nn1. The van der Waals surface area contributed by atoms with Crippen molar-refractivity contribution in [3.63, 3.8) is 0 Å². The molecule has 7 nitrogen and oxygen atoms in total. The Labute approximate surface area is 164 Å². The fourth-order valence-electron chi connectivity index (χ4n) is 3.92. The number of anilines is 2. The van der Waals surface area contributed by atoms with E-state index in [9.17, 15) is 9.59 Å². The van der Waals surface area contributed by atoms with E-state index in [4.69, 9.17) is 0 Å². The highest BCUT2D eigenvalue weighted by molar-refractivity contribution is 6.02. The molecular formula is C21H25N5O2. The maximum absolute atomic E-state index is 12.5. The number of nitrogens with one attached hydrogen (secondary N) is 1. The summed E-state index contributed by atoms with van der Waals surface area (Å²) in [5.41, 5.74) is 1.00. The molecule has 1 aromatic heterocycles. The average Bonchev–Trinajstić information content (AvgIpc) is 3.29. The molecule has 2 aromatic rings. The monoisotopic (exact) mass is 379 g/mol. The lowest BCUT2D eigenvalue weighted by atomic mass is 10.1. The third-order valence-electron chi connectivity index (χ3n) is 5.53. The van der Waals surface area contributed by atoms with Crippen LogP contribution in [0.3, 0.4) is 0 Å². The van der Waals surface area contributed by atoms with Gasteiger partial charge in [0.2, 0.25) is 5.91 Å². The summed E-state index contributed by atoms with van der Waals surface area (Å²) in [6.45, 7) is 2.91. The summed E-state index contributed by atoms with van der Waals surface area (Å²) >= 11 is 0. The maximum atomic E-state index is 12.5. The first kappa shape index (κ1) is 18.4. The van der Waals surface area contributed by atoms with Crippen molar-refractivity contribution >= 4 is 23.3 Å². The van der Waals surface area contributed by atoms with Crippen molar-refractivity contribution in [3.05, 3.63) is 48.2 Å². The van der Waals surface area contributed by atoms with Gasteiger partial charge in [-0.25, -0.2) is 0 Å². The zero-order valence-electron chi connectivity index (χ0n) is 15.9. The summed E-state index contributed by atoms with van der Waals surface area (Å²) < 4.78 is 0. The number of hydrogen-bond donors (Lipinski definition) is 1. The van der Waals surface area contributed by atoms with Crippen LogP contribution < -0.4 is 10.2 Å². The Morgan fingerprint density at radius 3 is 2.25 bits per heavy atom. The molecule has 2 aliphatic rings. The third-order valence-corrected chi connectivity index (χ3v) is 5.53. The zero-order chi connectivity index (χ0) is 19.3. The van der Waals surface area contributed by atoms with Gasteiger partial charge in [0.05, 0.1) is 0 Å². The molecule has 7 heteroatoms. The molecule has 1 saturated heterocycles. The Morgan fingerprint density at radius 1 is 0.893 bits per heavy atom. The van der Waals surface area contributed by atoms with Gasteiger partial charge in [-0.2, -0.15) is 0 Å². The first-order valence-electron chi connectivity index (χ1n) is 9.94. The van der Waals surface area contributed by atoms with Crippen molar-refractivity contribution < 1.29 is 9.59 Å². The fourth-order valence-corrected chi connectivity index (χ4v) is 3.92. The van der Waals surface area contributed by atoms with Crippen LogP contribution in [0.15, 0.2) is 42.5 Å². The standard InChI is InChI=1S/C21H25N5O2/c27-20(22-17-8-2-1-3-9-17)18-10-11-19(24-23-18)25-12-14-26(15-13-25)21(28)16-6-4-5-7-16/h1-3,8-11,16H,4-7,12-15H2,(H,22,27). The molecule has 0 atom stereocenters. The highest BCUT2D eigenvalue weighted by atomic mass is 16.2. The number of nitrogens with zero attached hydrogens (tertiary/aromatic N) is 4. The van der Waals surface area contributed by atoms with Crippen LogP contribution in [0.4, 0.5) is 11.5 Å². The number of piperazine rings is 1. The predicted molar refractivity (Wildman–Crippen MR) is 107 cm³/mol. The molecular weight excluding hydrogens is 354 g/mol. The largest absolute Gasteiger partial charge is 0.352 e. The second-order valence-corrected chi connectivity index (χ2v) is 7.39. The van der Waals surface area contributed by atoms with Crippen molar-refractivity contribution in [2.75, 3.05) is 36.4 Å². The number of benzene rings is 1. The molecule has 4 rings (SSSR count). The molecule has 2 amide bonds. The molecule has 0 radical (unpaired) electrons. The lowest BCUT2D eigenvalue weighted by Gasteiger charge is -2.36. The highest BCUT2D eigenvalue weighted by Crippen LogP contribution is 2.27. The Bertz CT molecular complexity index is 810. The molecule has 1 aliphatic heterocycles. The summed E-state index contributed by atoms with van der Waals surface area (Å²) in [7, 11) is 0. The molecule has 0 unspecified atom stereocenters. The van der Waals surface area contributed by atoms with Crippen LogP contribution in [0, 0.1) is 5.92 Å². The van der Waals surface area contributed by atoms with Crippen molar-refractivity contribution in [1.29, 1.82) is 0 Å². The van der Waals surface area contributed by atoms with Gasteiger partial charge in [0.15, 0.2) is 11.5 Å². The van der Waals surface area contributed by atoms with E-state index in [0.717, 1.165) is 37.4 Å². The van der Waals surface area contributed by atoms with Gasteiger partial charge in [-0.05, 0) is 37.1 Å². The van der Waals surface area contributed by atoms with Crippen LogP contribution in [-0.2, 0) is 4.79 Å². The van der Waals surface area contributed by atoms with E-state index >= 15 is 0 Å². The van der Waals surface area contributed by atoms with Crippen LogP contribution in [0.1, 0.15) is 36.2 Å².